The summed E-state index contributed by atoms with van der Waals surface area (Å²) in [5, 5.41) is 0. The third-order valence-electron chi connectivity index (χ3n) is 6.00. The Balaban J connectivity index is 1.68. The second-order valence-electron chi connectivity index (χ2n) is 7.55. The van der Waals surface area contributed by atoms with Crippen LogP contribution in [0, 0.1) is 30.1 Å². The number of aryl methyl sites for hydroxylation is 1. The third kappa shape index (κ3) is 1.84. The van der Waals surface area contributed by atoms with E-state index in [0.717, 1.165) is 17.8 Å². The Kier molecular flexibility index (Phi) is 2.54. The highest BCUT2D eigenvalue weighted by Gasteiger charge is 2.53. The standard InChI is InChI=1S/C17H24N2/c1-11-2-15(10-19-9-11)16(18)17-6-12-3-13(7-17)5-14(4-12)8-17/h2,9-10,12-14,16H,3-8,18H2,1H3. The summed E-state index contributed by atoms with van der Waals surface area (Å²) in [7, 11) is 0. The fraction of sp³-hybridized carbons (Fsp3) is 0.706. The van der Waals surface area contributed by atoms with E-state index in [1.54, 1.807) is 0 Å². The van der Waals surface area contributed by atoms with Gasteiger partial charge in [0.1, 0.15) is 0 Å². The summed E-state index contributed by atoms with van der Waals surface area (Å²) in [5.41, 5.74) is 9.62. The normalized spacial score (nSPS) is 41.5. The van der Waals surface area contributed by atoms with Crippen LogP contribution in [0.2, 0.25) is 0 Å². The molecule has 1 heterocycles. The molecule has 4 aliphatic carbocycles. The van der Waals surface area contributed by atoms with Gasteiger partial charge in [0.2, 0.25) is 0 Å². The monoisotopic (exact) mass is 256 g/mol. The van der Waals surface area contributed by atoms with Crippen molar-refractivity contribution < 1.29 is 0 Å². The van der Waals surface area contributed by atoms with Crippen LogP contribution in [-0.2, 0) is 0 Å². The van der Waals surface area contributed by atoms with Crippen molar-refractivity contribution >= 4 is 0 Å². The van der Waals surface area contributed by atoms with Crippen molar-refractivity contribution in [1.82, 2.24) is 4.98 Å². The van der Waals surface area contributed by atoms with Crippen molar-refractivity contribution in [2.45, 2.75) is 51.5 Å². The minimum atomic E-state index is 0.202. The van der Waals surface area contributed by atoms with Gasteiger partial charge in [-0.3, -0.25) is 4.98 Å². The highest BCUT2D eigenvalue weighted by atomic mass is 14.8. The van der Waals surface area contributed by atoms with Crippen molar-refractivity contribution in [1.29, 1.82) is 0 Å². The van der Waals surface area contributed by atoms with Crippen LogP contribution in [0.4, 0.5) is 0 Å². The van der Waals surface area contributed by atoms with Crippen LogP contribution in [0.3, 0.4) is 0 Å². The van der Waals surface area contributed by atoms with Crippen LogP contribution in [0.1, 0.15) is 55.7 Å². The van der Waals surface area contributed by atoms with Gasteiger partial charge in [-0.15, -0.1) is 0 Å². The molecule has 0 amide bonds. The number of rotatable bonds is 2. The molecular formula is C17H24N2. The zero-order valence-electron chi connectivity index (χ0n) is 11.8. The molecule has 0 radical (unpaired) electrons. The van der Waals surface area contributed by atoms with E-state index in [2.05, 4.69) is 18.0 Å². The summed E-state index contributed by atoms with van der Waals surface area (Å²) in [6, 6.07) is 2.45. The summed E-state index contributed by atoms with van der Waals surface area (Å²) >= 11 is 0. The SMILES string of the molecule is Cc1cncc(C(N)C23CC4CC(CC(C4)C2)C3)c1. The van der Waals surface area contributed by atoms with Gasteiger partial charge in [-0.05, 0) is 79.7 Å². The van der Waals surface area contributed by atoms with E-state index in [-0.39, 0.29) is 6.04 Å². The van der Waals surface area contributed by atoms with Crippen LogP contribution in [0.5, 0.6) is 0 Å². The smallest absolute Gasteiger partial charge is 0.0367 e. The Labute approximate surface area is 115 Å². The molecular weight excluding hydrogens is 232 g/mol. The average Bonchev–Trinajstić information content (AvgIpc) is 2.36. The van der Waals surface area contributed by atoms with Crippen LogP contribution in [-0.4, -0.2) is 4.98 Å². The van der Waals surface area contributed by atoms with Gasteiger partial charge in [0.25, 0.3) is 0 Å². The summed E-state index contributed by atoms with van der Waals surface area (Å²) in [5.74, 6) is 2.90. The maximum absolute atomic E-state index is 6.72. The van der Waals surface area contributed by atoms with E-state index < -0.39 is 0 Å². The molecule has 4 saturated carbocycles. The van der Waals surface area contributed by atoms with Gasteiger partial charge >= 0.3 is 0 Å². The van der Waals surface area contributed by atoms with Gasteiger partial charge < -0.3 is 5.73 Å². The largest absolute Gasteiger partial charge is 0.323 e. The second kappa shape index (κ2) is 4.05. The van der Waals surface area contributed by atoms with E-state index in [1.807, 2.05) is 12.4 Å². The van der Waals surface area contributed by atoms with E-state index in [4.69, 9.17) is 5.73 Å². The molecule has 1 aromatic rings. The average molecular weight is 256 g/mol. The van der Waals surface area contributed by atoms with E-state index >= 15 is 0 Å². The number of hydrogen-bond donors (Lipinski definition) is 1. The van der Waals surface area contributed by atoms with Gasteiger partial charge in [0.05, 0.1) is 0 Å². The Hall–Kier alpha value is -0.890. The number of nitrogens with two attached hydrogens (primary N) is 1. The summed E-state index contributed by atoms with van der Waals surface area (Å²) in [4.78, 5) is 4.35. The Morgan fingerprint density at radius 1 is 1.11 bits per heavy atom. The van der Waals surface area contributed by atoms with E-state index in [1.165, 1.54) is 49.7 Å². The lowest BCUT2D eigenvalue weighted by Gasteiger charge is -2.59. The maximum Gasteiger partial charge on any atom is 0.0367 e. The molecule has 2 heteroatoms. The first-order valence-corrected chi connectivity index (χ1v) is 7.82. The predicted molar refractivity (Wildman–Crippen MR) is 76.5 cm³/mol. The first kappa shape index (κ1) is 11.9. The van der Waals surface area contributed by atoms with Gasteiger partial charge in [-0.2, -0.15) is 0 Å². The number of nitrogens with zero attached hydrogens (tertiary/aromatic N) is 1. The zero-order valence-corrected chi connectivity index (χ0v) is 11.8. The topological polar surface area (TPSA) is 38.9 Å². The minimum Gasteiger partial charge on any atom is -0.323 e. The Bertz CT molecular complexity index is 459. The van der Waals surface area contributed by atoms with Gasteiger partial charge in [-0.1, -0.05) is 6.07 Å². The van der Waals surface area contributed by atoms with Crippen molar-refractivity contribution in [2.75, 3.05) is 0 Å². The molecule has 4 bridgehead atoms. The molecule has 0 aromatic carbocycles. The summed E-state index contributed by atoms with van der Waals surface area (Å²) in [6.07, 6.45) is 12.5. The van der Waals surface area contributed by atoms with Crippen molar-refractivity contribution in [3.05, 3.63) is 29.6 Å². The van der Waals surface area contributed by atoms with Gasteiger partial charge in [-0.25, -0.2) is 0 Å². The zero-order chi connectivity index (χ0) is 13.0. The minimum absolute atomic E-state index is 0.202. The quantitative estimate of drug-likeness (QED) is 0.878. The molecule has 2 N–H and O–H groups in total. The summed E-state index contributed by atoms with van der Waals surface area (Å²) < 4.78 is 0. The van der Waals surface area contributed by atoms with Crippen LogP contribution in [0.25, 0.3) is 0 Å². The number of hydrogen-bond acceptors (Lipinski definition) is 2. The summed E-state index contributed by atoms with van der Waals surface area (Å²) in [6.45, 7) is 2.11. The van der Waals surface area contributed by atoms with E-state index in [9.17, 15) is 0 Å². The van der Waals surface area contributed by atoms with Crippen LogP contribution >= 0.6 is 0 Å². The lowest BCUT2D eigenvalue weighted by Crippen LogP contribution is -2.50. The molecule has 1 aromatic heterocycles. The van der Waals surface area contributed by atoms with Crippen molar-refractivity contribution in [3.8, 4) is 0 Å². The third-order valence-corrected chi connectivity index (χ3v) is 6.00. The Morgan fingerprint density at radius 3 is 2.21 bits per heavy atom. The number of pyridine rings is 1. The second-order valence-corrected chi connectivity index (χ2v) is 7.55. The van der Waals surface area contributed by atoms with Gasteiger partial charge in [0.15, 0.2) is 0 Å². The molecule has 0 spiro atoms. The van der Waals surface area contributed by atoms with Crippen molar-refractivity contribution in [2.24, 2.45) is 28.9 Å². The predicted octanol–water partition coefficient (Wildman–Crippen LogP) is 3.61. The molecule has 2 nitrogen and oxygen atoms in total. The van der Waals surface area contributed by atoms with Crippen LogP contribution < -0.4 is 5.73 Å². The molecule has 1 atom stereocenters. The van der Waals surface area contributed by atoms with Crippen molar-refractivity contribution in [3.63, 3.8) is 0 Å². The molecule has 5 rings (SSSR count). The highest BCUT2D eigenvalue weighted by molar-refractivity contribution is 5.23. The lowest BCUT2D eigenvalue weighted by molar-refractivity contribution is -0.0678. The first-order valence-electron chi connectivity index (χ1n) is 7.82. The molecule has 0 aliphatic heterocycles. The molecule has 4 fully saturated rings. The molecule has 1 unspecified atom stereocenters. The number of aromatic nitrogens is 1. The molecule has 102 valence electrons. The fourth-order valence-corrected chi connectivity index (χ4v) is 5.66. The molecule has 4 aliphatic rings. The fourth-order valence-electron chi connectivity index (χ4n) is 5.66. The Morgan fingerprint density at radius 2 is 1.68 bits per heavy atom. The van der Waals surface area contributed by atoms with Crippen LogP contribution in [0.15, 0.2) is 18.5 Å². The lowest BCUT2D eigenvalue weighted by atomic mass is 9.47. The van der Waals surface area contributed by atoms with Gasteiger partial charge in [0, 0.05) is 18.4 Å². The molecule has 0 saturated heterocycles. The first-order chi connectivity index (χ1) is 9.14. The maximum atomic E-state index is 6.72. The molecule has 19 heavy (non-hydrogen) atoms. The van der Waals surface area contributed by atoms with E-state index in [0.29, 0.717) is 5.41 Å². The highest BCUT2D eigenvalue weighted by Crippen LogP contribution is 2.63.